The third-order valence-corrected chi connectivity index (χ3v) is 7.06. The van der Waals surface area contributed by atoms with Gasteiger partial charge in [-0.1, -0.05) is 62.9 Å². The molecular formula is C27H33N7O. The van der Waals surface area contributed by atoms with Crippen LogP contribution in [0.5, 0.6) is 0 Å². The number of aryl methyl sites for hydroxylation is 1. The van der Waals surface area contributed by atoms with E-state index in [9.17, 15) is 4.79 Å². The summed E-state index contributed by atoms with van der Waals surface area (Å²) in [5.74, 6) is 1.10. The fourth-order valence-corrected chi connectivity index (χ4v) is 5.14. The van der Waals surface area contributed by atoms with Crippen molar-refractivity contribution in [3.05, 3.63) is 70.5 Å². The number of hydrogen-bond donors (Lipinski definition) is 1. The topological polar surface area (TPSA) is 94.3 Å². The van der Waals surface area contributed by atoms with Gasteiger partial charge in [0.05, 0.1) is 6.54 Å². The second-order valence-electron chi connectivity index (χ2n) is 9.58. The van der Waals surface area contributed by atoms with Crippen LogP contribution in [-0.2, 0) is 19.5 Å². The van der Waals surface area contributed by atoms with Crippen molar-refractivity contribution in [1.82, 2.24) is 34.7 Å². The number of hydrogen-bond acceptors (Lipinski definition) is 5. The summed E-state index contributed by atoms with van der Waals surface area (Å²) in [6, 6.07) is 12.2. The van der Waals surface area contributed by atoms with Gasteiger partial charge in [0.25, 0.3) is 0 Å². The summed E-state index contributed by atoms with van der Waals surface area (Å²) >= 11 is 0. The number of aromatic amines is 1. The average Bonchev–Trinajstić information content (AvgIpc) is 3.54. The van der Waals surface area contributed by atoms with Gasteiger partial charge in [0.1, 0.15) is 5.69 Å². The van der Waals surface area contributed by atoms with E-state index >= 15 is 0 Å². The average molecular weight is 472 g/mol. The molecule has 0 saturated heterocycles. The van der Waals surface area contributed by atoms with Gasteiger partial charge in [0.15, 0.2) is 0 Å². The van der Waals surface area contributed by atoms with Gasteiger partial charge in [-0.25, -0.2) is 4.79 Å². The number of imidazole rings is 1. The molecular weight excluding hydrogens is 438 g/mol. The first-order chi connectivity index (χ1) is 17.2. The Morgan fingerprint density at radius 3 is 2.66 bits per heavy atom. The molecule has 5 rings (SSSR count). The van der Waals surface area contributed by atoms with Crippen LogP contribution in [0.3, 0.4) is 0 Å². The molecule has 4 aromatic rings. The smallest absolute Gasteiger partial charge is 0.299 e. The lowest BCUT2D eigenvalue weighted by Crippen LogP contribution is -2.28. The number of aromatic nitrogens is 7. The quantitative estimate of drug-likeness (QED) is 0.376. The maximum Gasteiger partial charge on any atom is 0.328 e. The molecule has 3 aromatic heterocycles. The molecule has 0 unspecified atom stereocenters. The predicted molar refractivity (Wildman–Crippen MR) is 136 cm³/mol. The van der Waals surface area contributed by atoms with Crippen molar-refractivity contribution in [2.45, 2.75) is 71.4 Å². The summed E-state index contributed by atoms with van der Waals surface area (Å²) in [7, 11) is 0. The molecule has 0 aliphatic heterocycles. The van der Waals surface area contributed by atoms with Gasteiger partial charge < -0.3 is 0 Å². The van der Waals surface area contributed by atoms with Crippen LogP contribution in [-0.4, -0.2) is 34.7 Å². The molecule has 0 bridgehead atoms. The van der Waals surface area contributed by atoms with Crippen LogP contribution in [0.4, 0.5) is 0 Å². The fraction of sp³-hybridized carbons (Fsp3) is 0.444. The molecule has 35 heavy (non-hydrogen) atoms. The third-order valence-electron chi connectivity index (χ3n) is 7.06. The molecule has 0 atom stereocenters. The molecule has 1 N–H and O–H groups in total. The number of tetrazole rings is 1. The Hall–Kier alpha value is -3.55. The highest BCUT2D eigenvalue weighted by molar-refractivity contribution is 5.77. The van der Waals surface area contributed by atoms with Crippen molar-refractivity contribution in [3.8, 4) is 22.6 Å². The molecule has 1 aliphatic carbocycles. The number of pyridine rings is 1. The summed E-state index contributed by atoms with van der Waals surface area (Å²) in [5.41, 5.74) is 5.02. The monoisotopic (exact) mass is 471 g/mol. The molecule has 1 aliphatic rings. The van der Waals surface area contributed by atoms with E-state index in [1.807, 2.05) is 21.3 Å². The highest BCUT2D eigenvalue weighted by atomic mass is 16.1. The number of benzene rings is 1. The van der Waals surface area contributed by atoms with Crippen LogP contribution in [0.2, 0.25) is 0 Å². The molecule has 0 spiro atoms. The molecule has 0 radical (unpaired) electrons. The first kappa shape index (κ1) is 23.2. The highest BCUT2D eigenvalue weighted by Crippen LogP contribution is 2.28. The van der Waals surface area contributed by atoms with E-state index in [1.54, 1.807) is 6.20 Å². The Bertz CT molecular complexity index is 1280. The Kier molecular flexibility index (Phi) is 7.16. The van der Waals surface area contributed by atoms with Crippen molar-refractivity contribution in [1.29, 1.82) is 0 Å². The van der Waals surface area contributed by atoms with Crippen LogP contribution < -0.4 is 5.69 Å². The third kappa shape index (κ3) is 5.26. The van der Waals surface area contributed by atoms with Crippen LogP contribution in [0, 0.1) is 5.92 Å². The second kappa shape index (κ2) is 10.8. The van der Waals surface area contributed by atoms with Gasteiger partial charge in [-0.3, -0.25) is 14.1 Å². The van der Waals surface area contributed by atoms with E-state index in [1.165, 1.54) is 32.1 Å². The minimum Gasteiger partial charge on any atom is -0.299 e. The zero-order valence-electron chi connectivity index (χ0n) is 20.4. The first-order valence-electron chi connectivity index (χ1n) is 12.8. The van der Waals surface area contributed by atoms with E-state index in [4.69, 9.17) is 0 Å². The number of H-pyrrole nitrogens is 1. The van der Waals surface area contributed by atoms with Crippen LogP contribution in [0.25, 0.3) is 22.6 Å². The van der Waals surface area contributed by atoms with Gasteiger partial charge in [0.2, 0.25) is 5.82 Å². The zero-order valence-corrected chi connectivity index (χ0v) is 20.4. The molecule has 182 valence electrons. The predicted octanol–water partition coefficient (Wildman–Crippen LogP) is 4.86. The summed E-state index contributed by atoms with van der Waals surface area (Å²) in [6.45, 7) is 3.63. The molecule has 1 aromatic carbocycles. The lowest BCUT2D eigenvalue weighted by atomic mass is 9.89. The normalized spacial score (nSPS) is 14.4. The van der Waals surface area contributed by atoms with Crippen LogP contribution in [0.15, 0.2) is 53.6 Å². The maximum atomic E-state index is 13.4. The van der Waals surface area contributed by atoms with Crippen molar-refractivity contribution < 1.29 is 0 Å². The molecule has 3 heterocycles. The Labute approximate surface area is 205 Å². The SMILES string of the molecule is CCCCc1cn(CC2CCCCC2)c(=O)n1Cc1ccc(-c2cccnc2-c2nn[nH]n2)cc1. The van der Waals surface area contributed by atoms with E-state index in [0.29, 0.717) is 24.0 Å². The highest BCUT2D eigenvalue weighted by Gasteiger charge is 2.18. The van der Waals surface area contributed by atoms with Gasteiger partial charge in [0, 0.05) is 30.2 Å². The van der Waals surface area contributed by atoms with Crippen molar-refractivity contribution >= 4 is 0 Å². The zero-order chi connectivity index (χ0) is 24.0. The van der Waals surface area contributed by atoms with Crippen molar-refractivity contribution in [2.75, 3.05) is 0 Å². The number of rotatable bonds is 9. The number of nitrogens with zero attached hydrogens (tertiary/aromatic N) is 6. The lowest BCUT2D eigenvalue weighted by molar-refractivity contribution is 0.315. The van der Waals surface area contributed by atoms with Crippen molar-refractivity contribution in [2.24, 2.45) is 5.92 Å². The summed E-state index contributed by atoms with van der Waals surface area (Å²) in [4.78, 5) is 17.8. The number of nitrogens with one attached hydrogen (secondary N) is 1. The van der Waals surface area contributed by atoms with E-state index in [0.717, 1.165) is 48.2 Å². The molecule has 0 amide bonds. The Morgan fingerprint density at radius 1 is 1.09 bits per heavy atom. The first-order valence-corrected chi connectivity index (χ1v) is 12.8. The van der Waals surface area contributed by atoms with Crippen molar-refractivity contribution in [3.63, 3.8) is 0 Å². The van der Waals surface area contributed by atoms with Gasteiger partial charge in [-0.05, 0) is 54.0 Å². The minimum atomic E-state index is 0.123. The maximum absolute atomic E-state index is 13.4. The standard InChI is InChI=1S/C27H33N7O/c1-2-3-10-23-19-33(17-20-8-5-4-6-9-20)27(35)34(23)18-21-12-14-22(15-13-21)24-11-7-16-28-25(24)26-29-31-32-30-26/h7,11-16,19-20H,2-6,8-10,17-18H2,1H3,(H,29,30,31,32). The van der Waals surface area contributed by atoms with Crippen LogP contribution >= 0.6 is 0 Å². The van der Waals surface area contributed by atoms with Gasteiger partial charge >= 0.3 is 5.69 Å². The molecule has 8 heteroatoms. The van der Waals surface area contributed by atoms with Gasteiger partial charge in [-0.15, -0.1) is 10.2 Å². The largest absolute Gasteiger partial charge is 0.328 e. The Balaban J connectivity index is 1.39. The number of unbranched alkanes of at least 4 members (excludes halogenated alkanes) is 1. The minimum absolute atomic E-state index is 0.123. The summed E-state index contributed by atoms with van der Waals surface area (Å²) in [5, 5.41) is 14.3. The molecule has 1 saturated carbocycles. The van der Waals surface area contributed by atoms with E-state index in [-0.39, 0.29) is 5.69 Å². The van der Waals surface area contributed by atoms with E-state index < -0.39 is 0 Å². The van der Waals surface area contributed by atoms with E-state index in [2.05, 4.69) is 63.0 Å². The fourth-order valence-electron chi connectivity index (χ4n) is 5.14. The molecule has 1 fully saturated rings. The lowest BCUT2D eigenvalue weighted by Gasteiger charge is -2.21. The van der Waals surface area contributed by atoms with Crippen LogP contribution in [0.1, 0.15) is 63.1 Å². The Morgan fingerprint density at radius 2 is 1.91 bits per heavy atom. The second-order valence-corrected chi connectivity index (χ2v) is 9.58. The summed E-state index contributed by atoms with van der Waals surface area (Å²) < 4.78 is 3.95. The summed E-state index contributed by atoms with van der Waals surface area (Å²) in [6.07, 6.45) is 13.4. The molecule has 8 nitrogen and oxygen atoms in total. The van der Waals surface area contributed by atoms with Gasteiger partial charge in [-0.2, -0.15) is 5.21 Å².